The molecule has 1 unspecified atom stereocenters. The largest absolute Gasteiger partial charge is 0.353 e. The molecule has 3 rings (SSSR count). The first kappa shape index (κ1) is 19.4. The van der Waals surface area contributed by atoms with Crippen LogP contribution in [-0.4, -0.2) is 66.3 Å². The molecule has 0 spiro atoms. The smallest absolute Gasteiger partial charge is 0.282 e. The summed E-state index contributed by atoms with van der Waals surface area (Å²) < 4.78 is 43.6. The molecule has 0 saturated carbocycles. The van der Waals surface area contributed by atoms with Crippen LogP contribution in [0.15, 0.2) is 6.33 Å². The van der Waals surface area contributed by atoms with Crippen LogP contribution in [-0.2, 0) is 10.2 Å². The third-order valence-corrected chi connectivity index (χ3v) is 7.31. The number of halogens is 1. The molecule has 2 saturated heterocycles. The van der Waals surface area contributed by atoms with Crippen molar-refractivity contribution in [3.8, 4) is 0 Å². The van der Waals surface area contributed by atoms with Crippen molar-refractivity contribution in [3.63, 3.8) is 0 Å². The number of likely N-dealkylation sites (N-methyl/N-ethyl adjacent to an activating group) is 1. The molecule has 1 aromatic rings. The van der Waals surface area contributed by atoms with E-state index in [4.69, 9.17) is 0 Å². The highest BCUT2D eigenvalue weighted by molar-refractivity contribution is 7.86. The molecule has 9 heteroatoms. The summed E-state index contributed by atoms with van der Waals surface area (Å²) in [5.41, 5.74) is 0.388. The Balaban J connectivity index is 1.78. The summed E-state index contributed by atoms with van der Waals surface area (Å²) in [7, 11) is -1.64. The van der Waals surface area contributed by atoms with Crippen molar-refractivity contribution in [2.45, 2.75) is 51.5 Å². The first-order valence-electron chi connectivity index (χ1n) is 9.30. The zero-order chi connectivity index (χ0) is 18.9. The molecule has 0 aliphatic carbocycles. The van der Waals surface area contributed by atoms with Crippen LogP contribution in [0.2, 0.25) is 0 Å². The summed E-state index contributed by atoms with van der Waals surface area (Å²) in [6.45, 7) is 5.85. The number of hydrogen-bond acceptors (Lipinski definition) is 5. The third kappa shape index (κ3) is 3.70. The number of aromatic nitrogens is 2. The lowest BCUT2D eigenvalue weighted by molar-refractivity contribution is 0.287. The Bertz CT molecular complexity index is 737. The Morgan fingerprint density at radius 3 is 2.46 bits per heavy atom. The molecule has 2 aliphatic rings. The second kappa shape index (κ2) is 7.74. The summed E-state index contributed by atoms with van der Waals surface area (Å²) in [5.74, 6) is -0.206. The topological polar surface area (TPSA) is 69.6 Å². The van der Waals surface area contributed by atoms with Gasteiger partial charge in [-0.25, -0.2) is 14.4 Å². The Kier molecular flexibility index (Phi) is 5.78. The van der Waals surface area contributed by atoms with Gasteiger partial charge in [0.2, 0.25) is 0 Å². The second-order valence-electron chi connectivity index (χ2n) is 7.43. The first-order valence-corrected chi connectivity index (χ1v) is 10.7. The van der Waals surface area contributed by atoms with Crippen molar-refractivity contribution in [3.05, 3.63) is 17.8 Å². The van der Waals surface area contributed by atoms with Gasteiger partial charge in [-0.3, -0.25) is 0 Å². The second-order valence-corrected chi connectivity index (χ2v) is 9.36. The van der Waals surface area contributed by atoms with E-state index in [0.29, 0.717) is 31.9 Å². The van der Waals surface area contributed by atoms with Crippen LogP contribution < -0.4 is 4.90 Å². The van der Waals surface area contributed by atoms with Crippen LogP contribution in [0.4, 0.5) is 10.2 Å². The molecule has 26 heavy (non-hydrogen) atoms. The Hall–Kier alpha value is -1.32. The quantitative estimate of drug-likeness (QED) is 0.775. The summed E-state index contributed by atoms with van der Waals surface area (Å²) in [6.07, 6.45) is 4.78. The molecule has 1 aromatic heterocycles. The maximum Gasteiger partial charge on any atom is 0.282 e. The van der Waals surface area contributed by atoms with Crippen LogP contribution in [0.1, 0.15) is 51.1 Å². The predicted octanol–water partition coefficient (Wildman–Crippen LogP) is 1.98. The van der Waals surface area contributed by atoms with Gasteiger partial charge in [0.05, 0.1) is 5.69 Å². The number of nitrogens with zero attached hydrogens (tertiary/aromatic N) is 5. The van der Waals surface area contributed by atoms with Gasteiger partial charge in [0.25, 0.3) is 10.2 Å². The highest BCUT2D eigenvalue weighted by Crippen LogP contribution is 2.28. The molecule has 2 fully saturated rings. The van der Waals surface area contributed by atoms with E-state index in [1.165, 1.54) is 6.33 Å². The molecule has 0 radical (unpaired) electrons. The van der Waals surface area contributed by atoms with Gasteiger partial charge < -0.3 is 4.90 Å². The van der Waals surface area contributed by atoms with Crippen molar-refractivity contribution < 1.29 is 12.8 Å². The third-order valence-electron chi connectivity index (χ3n) is 5.30. The van der Waals surface area contributed by atoms with Crippen molar-refractivity contribution in [2.24, 2.45) is 0 Å². The van der Waals surface area contributed by atoms with E-state index in [0.717, 1.165) is 25.7 Å². The fourth-order valence-corrected chi connectivity index (χ4v) is 5.49. The maximum atomic E-state index is 14.8. The van der Waals surface area contributed by atoms with E-state index in [1.807, 2.05) is 13.8 Å². The van der Waals surface area contributed by atoms with E-state index < -0.39 is 16.0 Å². The van der Waals surface area contributed by atoms with Gasteiger partial charge in [0, 0.05) is 39.3 Å². The molecule has 2 aliphatic heterocycles. The monoisotopic (exact) mass is 385 g/mol. The van der Waals surface area contributed by atoms with Crippen molar-refractivity contribution in [1.29, 1.82) is 0 Å². The SMILES string of the molecule is CC(C)c1ncnc(N(C)C2CCCN(S(=O)(=O)N3CCCC3)C2)c1F. The Morgan fingerprint density at radius 1 is 1.15 bits per heavy atom. The first-order chi connectivity index (χ1) is 12.3. The Morgan fingerprint density at radius 2 is 1.81 bits per heavy atom. The van der Waals surface area contributed by atoms with Gasteiger partial charge in [-0.15, -0.1) is 0 Å². The lowest BCUT2D eigenvalue weighted by Gasteiger charge is -2.38. The van der Waals surface area contributed by atoms with Gasteiger partial charge in [0.15, 0.2) is 11.6 Å². The molecule has 0 bridgehead atoms. The lowest BCUT2D eigenvalue weighted by Crippen LogP contribution is -2.52. The maximum absolute atomic E-state index is 14.8. The standard InChI is InChI=1S/C17H28FN5O2S/c1-13(2)16-15(18)17(20-12-19-16)21(3)14-7-6-10-23(11-14)26(24,25)22-8-4-5-9-22/h12-14H,4-11H2,1-3H3. The average Bonchev–Trinajstić information content (AvgIpc) is 3.17. The molecule has 0 N–H and O–H groups in total. The van der Waals surface area contributed by atoms with Gasteiger partial charge in [-0.1, -0.05) is 13.8 Å². The van der Waals surface area contributed by atoms with E-state index in [1.54, 1.807) is 20.6 Å². The molecule has 0 amide bonds. The highest BCUT2D eigenvalue weighted by Gasteiger charge is 2.36. The molecule has 7 nitrogen and oxygen atoms in total. The van der Waals surface area contributed by atoms with Crippen LogP contribution in [0.5, 0.6) is 0 Å². The number of rotatable bonds is 5. The minimum Gasteiger partial charge on any atom is -0.353 e. The average molecular weight is 386 g/mol. The van der Waals surface area contributed by atoms with Gasteiger partial charge in [0.1, 0.15) is 6.33 Å². The van der Waals surface area contributed by atoms with Crippen LogP contribution >= 0.6 is 0 Å². The van der Waals surface area contributed by atoms with Crippen LogP contribution in [0.25, 0.3) is 0 Å². The molecule has 0 aromatic carbocycles. The minimum absolute atomic E-state index is 0.0384. The number of hydrogen-bond donors (Lipinski definition) is 0. The van der Waals surface area contributed by atoms with Crippen molar-refractivity contribution in [1.82, 2.24) is 18.6 Å². The zero-order valence-corrected chi connectivity index (χ0v) is 16.5. The number of anilines is 1. The normalized spacial score (nSPS) is 22.9. The van der Waals surface area contributed by atoms with Crippen molar-refractivity contribution in [2.75, 3.05) is 38.1 Å². The minimum atomic E-state index is -3.43. The van der Waals surface area contributed by atoms with E-state index in [-0.39, 0.29) is 17.8 Å². The van der Waals surface area contributed by atoms with E-state index in [9.17, 15) is 12.8 Å². The van der Waals surface area contributed by atoms with Crippen LogP contribution in [0, 0.1) is 5.82 Å². The summed E-state index contributed by atoms with van der Waals surface area (Å²) in [5, 5.41) is 0. The summed E-state index contributed by atoms with van der Waals surface area (Å²) >= 11 is 0. The number of piperidine rings is 1. The molecule has 3 heterocycles. The predicted molar refractivity (Wildman–Crippen MR) is 98.8 cm³/mol. The van der Waals surface area contributed by atoms with Gasteiger partial charge in [-0.05, 0) is 31.6 Å². The van der Waals surface area contributed by atoms with E-state index in [2.05, 4.69) is 9.97 Å². The Labute approximate surface area is 155 Å². The van der Waals surface area contributed by atoms with E-state index >= 15 is 0 Å². The van der Waals surface area contributed by atoms with Crippen molar-refractivity contribution >= 4 is 16.0 Å². The van der Waals surface area contributed by atoms with Crippen LogP contribution in [0.3, 0.4) is 0 Å². The summed E-state index contributed by atoms with van der Waals surface area (Å²) in [6, 6.07) is -0.106. The highest BCUT2D eigenvalue weighted by atomic mass is 32.2. The fraction of sp³-hybridized carbons (Fsp3) is 0.765. The molecule has 1 atom stereocenters. The molecule has 146 valence electrons. The van der Waals surface area contributed by atoms with Gasteiger partial charge in [-0.2, -0.15) is 17.0 Å². The molecular formula is C17H28FN5O2S. The summed E-state index contributed by atoms with van der Waals surface area (Å²) in [4.78, 5) is 9.94. The fourth-order valence-electron chi connectivity index (χ4n) is 3.72. The van der Waals surface area contributed by atoms with Gasteiger partial charge >= 0.3 is 0 Å². The zero-order valence-electron chi connectivity index (χ0n) is 15.7. The lowest BCUT2D eigenvalue weighted by atomic mass is 10.1. The molecular weight excluding hydrogens is 357 g/mol.